The maximum atomic E-state index is 13.9. The van der Waals surface area contributed by atoms with Crippen LogP contribution in [-0.4, -0.2) is 30.6 Å². The van der Waals surface area contributed by atoms with Gasteiger partial charge in [0.1, 0.15) is 5.82 Å². The minimum Gasteiger partial charge on any atom is -0.311 e. The highest BCUT2D eigenvalue weighted by atomic mass is 19.1. The smallest absolute Gasteiger partial charge is 0.126 e. The van der Waals surface area contributed by atoms with Gasteiger partial charge in [0.15, 0.2) is 0 Å². The monoisotopic (exact) mass is 292 g/mol. The lowest BCUT2D eigenvalue weighted by Crippen LogP contribution is -2.52. The number of likely N-dealkylation sites (tertiary alicyclic amines) is 1. The van der Waals surface area contributed by atoms with Crippen LogP contribution >= 0.6 is 0 Å². The van der Waals surface area contributed by atoms with Crippen molar-refractivity contribution in [3.63, 3.8) is 0 Å². The van der Waals surface area contributed by atoms with Gasteiger partial charge in [-0.3, -0.25) is 4.90 Å². The largest absolute Gasteiger partial charge is 0.311 e. The molecule has 0 aromatic heterocycles. The summed E-state index contributed by atoms with van der Waals surface area (Å²) < 4.78 is 13.9. The van der Waals surface area contributed by atoms with E-state index in [-0.39, 0.29) is 17.4 Å². The van der Waals surface area contributed by atoms with Gasteiger partial charge in [-0.25, -0.2) is 4.39 Å². The first kappa shape index (κ1) is 16.4. The molecule has 1 saturated heterocycles. The molecule has 0 saturated carbocycles. The number of aryl methyl sites for hydroxylation is 1. The van der Waals surface area contributed by atoms with Crippen LogP contribution in [0.1, 0.15) is 56.7 Å². The molecule has 1 aromatic rings. The van der Waals surface area contributed by atoms with Crippen molar-refractivity contribution in [1.82, 2.24) is 10.2 Å². The van der Waals surface area contributed by atoms with Crippen molar-refractivity contribution in [3.8, 4) is 0 Å². The van der Waals surface area contributed by atoms with Crippen LogP contribution in [0.5, 0.6) is 0 Å². The molecule has 1 aliphatic heterocycles. The highest BCUT2D eigenvalue weighted by Crippen LogP contribution is 2.33. The lowest BCUT2D eigenvalue weighted by Gasteiger charge is -2.44. The van der Waals surface area contributed by atoms with Crippen LogP contribution in [0.3, 0.4) is 0 Å². The number of rotatable bonds is 4. The summed E-state index contributed by atoms with van der Waals surface area (Å²) in [4.78, 5) is 2.57. The van der Waals surface area contributed by atoms with Gasteiger partial charge in [-0.2, -0.15) is 0 Å². The zero-order chi connectivity index (χ0) is 15.5. The lowest BCUT2D eigenvalue weighted by molar-refractivity contribution is 0.0863. The summed E-state index contributed by atoms with van der Waals surface area (Å²) in [6.07, 6.45) is 5.19. The summed E-state index contributed by atoms with van der Waals surface area (Å²) in [6, 6.07) is 5.76. The van der Waals surface area contributed by atoms with E-state index in [2.05, 4.69) is 30.1 Å². The molecule has 0 amide bonds. The maximum absolute atomic E-state index is 13.9. The Morgan fingerprint density at radius 3 is 2.29 bits per heavy atom. The van der Waals surface area contributed by atoms with Crippen LogP contribution in [0.2, 0.25) is 0 Å². The third kappa shape index (κ3) is 3.64. The zero-order valence-corrected chi connectivity index (χ0v) is 13.9. The van der Waals surface area contributed by atoms with Gasteiger partial charge in [-0.15, -0.1) is 0 Å². The van der Waals surface area contributed by atoms with E-state index in [1.807, 2.05) is 20.0 Å². The average molecular weight is 292 g/mol. The Morgan fingerprint density at radius 1 is 1.14 bits per heavy atom. The SMILES string of the molecule is CNC(c1ccc(C)c(F)c1)C(C)(C)N1CCCCCC1. The number of halogens is 1. The van der Waals surface area contributed by atoms with Gasteiger partial charge < -0.3 is 5.32 Å². The minimum absolute atomic E-state index is 0.0270. The summed E-state index contributed by atoms with van der Waals surface area (Å²) in [6.45, 7) is 8.64. The number of likely N-dealkylation sites (N-methyl/N-ethyl adjacent to an activating group) is 1. The fraction of sp³-hybridized carbons (Fsp3) is 0.667. The van der Waals surface area contributed by atoms with E-state index >= 15 is 0 Å². The molecule has 1 N–H and O–H groups in total. The normalized spacial score (nSPS) is 19.3. The van der Waals surface area contributed by atoms with Gasteiger partial charge in [-0.05, 0) is 70.9 Å². The molecule has 1 fully saturated rings. The van der Waals surface area contributed by atoms with Crippen molar-refractivity contribution in [2.24, 2.45) is 0 Å². The van der Waals surface area contributed by atoms with Crippen LogP contribution in [0, 0.1) is 12.7 Å². The zero-order valence-electron chi connectivity index (χ0n) is 13.9. The quantitative estimate of drug-likeness (QED) is 0.900. The van der Waals surface area contributed by atoms with Gasteiger partial charge in [0.05, 0.1) is 0 Å². The molecular weight excluding hydrogens is 263 g/mol. The molecule has 1 unspecified atom stereocenters. The van der Waals surface area contributed by atoms with E-state index in [1.54, 1.807) is 6.07 Å². The molecule has 0 spiro atoms. The molecule has 2 rings (SSSR count). The second-order valence-electron chi connectivity index (χ2n) is 6.79. The molecule has 0 radical (unpaired) electrons. The van der Waals surface area contributed by atoms with Crippen molar-refractivity contribution in [1.29, 1.82) is 0 Å². The molecule has 0 bridgehead atoms. The van der Waals surface area contributed by atoms with Crippen LogP contribution in [0.15, 0.2) is 18.2 Å². The fourth-order valence-electron chi connectivity index (χ4n) is 3.55. The standard InChI is InChI=1S/C18H29FN2/c1-14-9-10-15(13-16(14)19)17(20-4)18(2,3)21-11-7-5-6-8-12-21/h9-10,13,17,20H,5-8,11-12H2,1-4H3. The molecule has 1 heterocycles. The van der Waals surface area contributed by atoms with Gasteiger partial charge in [0.25, 0.3) is 0 Å². The summed E-state index contributed by atoms with van der Waals surface area (Å²) in [5, 5.41) is 3.41. The average Bonchev–Trinajstić information content (AvgIpc) is 2.73. The predicted molar refractivity (Wildman–Crippen MR) is 87.1 cm³/mol. The molecule has 1 atom stereocenters. The van der Waals surface area contributed by atoms with Crippen molar-refractivity contribution in [2.75, 3.05) is 20.1 Å². The molecule has 3 heteroatoms. The molecule has 21 heavy (non-hydrogen) atoms. The maximum Gasteiger partial charge on any atom is 0.126 e. The van der Waals surface area contributed by atoms with Crippen LogP contribution in [0.4, 0.5) is 4.39 Å². The van der Waals surface area contributed by atoms with Crippen LogP contribution in [0.25, 0.3) is 0 Å². The van der Waals surface area contributed by atoms with E-state index < -0.39 is 0 Å². The lowest BCUT2D eigenvalue weighted by atomic mass is 9.86. The highest BCUT2D eigenvalue weighted by molar-refractivity contribution is 5.28. The minimum atomic E-state index is -0.112. The van der Waals surface area contributed by atoms with Crippen LogP contribution in [-0.2, 0) is 0 Å². The van der Waals surface area contributed by atoms with Crippen molar-refractivity contribution >= 4 is 0 Å². The number of benzene rings is 1. The molecule has 0 aliphatic carbocycles. The van der Waals surface area contributed by atoms with Gasteiger partial charge in [0, 0.05) is 11.6 Å². The highest BCUT2D eigenvalue weighted by Gasteiger charge is 2.35. The summed E-state index contributed by atoms with van der Waals surface area (Å²) in [5.74, 6) is -0.112. The van der Waals surface area contributed by atoms with Gasteiger partial charge >= 0.3 is 0 Å². The summed E-state index contributed by atoms with van der Waals surface area (Å²) in [7, 11) is 1.97. The molecule has 1 aliphatic rings. The van der Waals surface area contributed by atoms with Crippen LogP contribution < -0.4 is 5.32 Å². The third-order valence-electron chi connectivity index (χ3n) is 4.95. The van der Waals surface area contributed by atoms with Crippen molar-refractivity contribution < 1.29 is 4.39 Å². The Balaban J connectivity index is 2.26. The molecular formula is C18H29FN2. The Morgan fingerprint density at radius 2 is 1.76 bits per heavy atom. The second-order valence-corrected chi connectivity index (χ2v) is 6.79. The second kappa shape index (κ2) is 6.89. The Labute approximate surface area is 128 Å². The first-order valence-corrected chi connectivity index (χ1v) is 8.15. The summed E-state index contributed by atoms with van der Waals surface area (Å²) >= 11 is 0. The molecule has 1 aromatic carbocycles. The van der Waals surface area contributed by atoms with Crippen molar-refractivity contribution in [3.05, 3.63) is 35.1 Å². The fourth-order valence-corrected chi connectivity index (χ4v) is 3.55. The van der Waals surface area contributed by atoms with E-state index in [0.717, 1.165) is 18.7 Å². The first-order chi connectivity index (χ1) is 9.96. The Kier molecular flexibility index (Phi) is 5.39. The van der Waals surface area contributed by atoms with E-state index in [1.165, 1.54) is 25.7 Å². The third-order valence-corrected chi connectivity index (χ3v) is 4.95. The number of nitrogens with zero attached hydrogens (tertiary/aromatic N) is 1. The molecule has 2 nitrogen and oxygen atoms in total. The number of hydrogen-bond donors (Lipinski definition) is 1. The van der Waals surface area contributed by atoms with E-state index in [4.69, 9.17) is 0 Å². The first-order valence-electron chi connectivity index (χ1n) is 8.15. The Hall–Kier alpha value is -0.930. The van der Waals surface area contributed by atoms with E-state index in [0.29, 0.717) is 5.56 Å². The number of nitrogens with one attached hydrogen (secondary N) is 1. The van der Waals surface area contributed by atoms with Crippen molar-refractivity contribution in [2.45, 2.75) is 58.0 Å². The molecule has 118 valence electrons. The topological polar surface area (TPSA) is 15.3 Å². The summed E-state index contributed by atoms with van der Waals surface area (Å²) in [5.41, 5.74) is 1.72. The number of hydrogen-bond acceptors (Lipinski definition) is 2. The van der Waals surface area contributed by atoms with E-state index in [9.17, 15) is 4.39 Å². The van der Waals surface area contributed by atoms with Gasteiger partial charge in [0.2, 0.25) is 0 Å². The van der Waals surface area contributed by atoms with Gasteiger partial charge in [-0.1, -0.05) is 25.0 Å². The Bertz CT molecular complexity index is 462. The predicted octanol–water partition coefficient (Wildman–Crippen LogP) is 4.05.